The zero-order valence-electron chi connectivity index (χ0n) is 19.6. The molecule has 1 aliphatic heterocycles. The predicted molar refractivity (Wildman–Crippen MR) is 127 cm³/mol. The van der Waals surface area contributed by atoms with E-state index in [2.05, 4.69) is 25.9 Å². The maximum Gasteiger partial charge on any atom is 0.276 e. The molecule has 11 heteroatoms. The number of benzene rings is 1. The van der Waals surface area contributed by atoms with Crippen LogP contribution in [0.1, 0.15) is 36.5 Å². The van der Waals surface area contributed by atoms with Crippen LogP contribution in [0.15, 0.2) is 29.1 Å². The Morgan fingerprint density at radius 1 is 1.24 bits per heavy atom. The molecule has 4 N–H and O–H groups in total. The molecule has 3 atom stereocenters. The Bertz CT molecular complexity index is 1130. The van der Waals surface area contributed by atoms with Gasteiger partial charge in [-0.05, 0) is 45.0 Å². The summed E-state index contributed by atoms with van der Waals surface area (Å²) in [7, 11) is 1.83. The van der Waals surface area contributed by atoms with Gasteiger partial charge in [0.15, 0.2) is 11.6 Å². The van der Waals surface area contributed by atoms with E-state index < -0.39 is 36.1 Å². The number of aryl methyl sites for hydroxylation is 1. The van der Waals surface area contributed by atoms with Crippen LogP contribution in [-0.4, -0.2) is 65.8 Å². The first-order valence-electron chi connectivity index (χ1n) is 10.9. The average Bonchev–Trinajstić information content (AvgIpc) is 2.76. The van der Waals surface area contributed by atoms with Crippen LogP contribution in [0.25, 0.3) is 0 Å². The van der Waals surface area contributed by atoms with Gasteiger partial charge in [-0.15, -0.1) is 0 Å². The molecule has 2 unspecified atom stereocenters. The Morgan fingerprint density at radius 3 is 2.53 bits per heavy atom. The Balaban J connectivity index is 1.60. The van der Waals surface area contributed by atoms with Crippen LogP contribution >= 0.6 is 0 Å². The lowest BCUT2D eigenvalue weighted by atomic mass is 10.0. The Morgan fingerprint density at radius 2 is 1.91 bits per heavy atom. The number of halogens is 1. The number of Topliss-reactive ketones (excluding diaryl/α,β-unsaturated/α-hetero) is 2. The highest BCUT2D eigenvalue weighted by molar-refractivity contribution is 5.98. The van der Waals surface area contributed by atoms with E-state index in [0.717, 1.165) is 5.69 Å². The van der Waals surface area contributed by atoms with Crippen LogP contribution in [0.5, 0.6) is 0 Å². The molecular formula is C23H29FN6O4. The number of amides is 1. The number of carbonyl (C=O) groups excluding carboxylic acids is 3. The number of fused-ring (bicyclic) bond motifs is 1. The molecule has 34 heavy (non-hydrogen) atoms. The van der Waals surface area contributed by atoms with Crippen molar-refractivity contribution in [1.82, 2.24) is 15.3 Å². The predicted octanol–water partition coefficient (Wildman–Crippen LogP) is 1.43. The summed E-state index contributed by atoms with van der Waals surface area (Å²) in [5, 5.41) is 8.84. The van der Waals surface area contributed by atoms with E-state index in [0.29, 0.717) is 30.4 Å². The lowest BCUT2D eigenvalue weighted by Gasteiger charge is -2.35. The summed E-state index contributed by atoms with van der Waals surface area (Å²) in [4.78, 5) is 56.7. The number of ketones is 2. The quantitative estimate of drug-likeness (QED) is 0.431. The zero-order chi connectivity index (χ0) is 25.0. The number of nitrogens with one attached hydrogen (secondary N) is 4. The highest BCUT2D eigenvalue weighted by Gasteiger charge is 2.29. The van der Waals surface area contributed by atoms with Crippen molar-refractivity contribution in [3.8, 4) is 0 Å². The first-order chi connectivity index (χ1) is 16.1. The lowest BCUT2D eigenvalue weighted by Crippen LogP contribution is -2.48. The smallest absolute Gasteiger partial charge is 0.276 e. The van der Waals surface area contributed by atoms with E-state index in [1.165, 1.54) is 13.8 Å². The number of likely N-dealkylation sites (N-methyl/N-ethyl adjacent to an activating group) is 1. The molecule has 10 nitrogen and oxygen atoms in total. The van der Waals surface area contributed by atoms with Gasteiger partial charge in [-0.2, -0.15) is 0 Å². The molecule has 0 spiro atoms. The maximum atomic E-state index is 14.3. The van der Waals surface area contributed by atoms with Crippen LogP contribution in [0.3, 0.4) is 0 Å². The third-order valence-corrected chi connectivity index (χ3v) is 5.68. The number of hydrogen-bond acceptors (Lipinski definition) is 8. The van der Waals surface area contributed by atoms with Crippen molar-refractivity contribution < 1.29 is 18.8 Å². The number of anilines is 3. The van der Waals surface area contributed by atoms with Crippen molar-refractivity contribution in [1.29, 1.82) is 0 Å². The minimum absolute atomic E-state index is 0.0276. The lowest BCUT2D eigenvalue weighted by molar-refractivity contribution is -0.122. The Hall–Kier alpha value is -3.76. The van der Waals surface area contributed by atoms with Crippen LogP contribution in [0.4, 0.5) is 21.6 Å². The number of aromatic nitrogens is 2. The molecule has 182 valence electrons. The molecule has 3 rings (SSSR count). The molecule has 0 radical (unpaired) electrons. The summed E-state index contributed by atoms with van der Waals surface area (Å²) in [6.45, 7) is 5.23. The molecule has 1 aromatic heterocycles. The van der Waals surface area contributed by atoms with Crippen LogP contribution in [0, 0.1) is 6.92 Å². The average molecular weight is 472 g/mol. The number of carbonyl (C=O) groups is 3. The van der Waals surface area contributed by atoms with Gasteiger partial charge in [0.05, 0.1) is 6.04 Å². The third kappa shape index (κ3) is 5.77. The molecule has 1 amide bonds. The van der Waals surface area contributed by atoms with E-state index in [1.807, 2.05) is 11.9 Å². The number of hydrogen-bond donors (Lipinski definition) is 4. The van der Waals surface area contributed by atoms with Gasteiger partial charge < -0.3 is 25.8 Å². The summed E-state index contributed by atoms with van der Waals surface area (Å²) >= 11 is 0. The van der Waals surface area contributed by atoms with Crippen molar-refractivity contribution in [3.63, 3.8) is 0 Å². The van der Waals surface area contributed by atoms with Gasteiger partial charge in [0.2, 0.25) is 0 Å². The van der Waals surface area contributed by atoms with Gasteiger partial charge in [-0.3, -0.25) is 19.2 Å². The van der Waals surface area contributed by atoms with E-state index in [9.17, 15) is 23.6 Å². The van der Waals surface area contributed by atoms with Crippen molar-refractivity contribution in [2.75, 3.05) is 35.7 Å². The second-order valence-electron chi connectivity index (χ2n) is 8.44. The highest BCUT2D eigenvalue weighted by Crippen LogP contribution is 2.24. The van der Waals surface area contributed by atoms with Crippen molar-refractivity contribution in [2.45, 2.75) is 45.4 Å². The van der Waals surface area contributed by atoms with E-state index in [4.69, 9.17) is 0 Å². The molecule has 1 aliphatic rings. The number of nitrogens with zero attached hydrogens (tertiary/aromatic N) is 2. The monoisotopic (exact) mass is 471 g/mol. The highest BCUT2D eigenvalue weighted by atomic mass is 18.2. The fourth-order valence-electron chi connectivity index (χ4n) is 3.81. The molecule has 0 fully saturated rings. The number of aromatic amines is 1. The molecule has 0 saturated carbocycles. The number of alkyl halides is 1. The van der Waals surface area contributed by atoms with E-state index in [-0.39, 0.29) is 17.2 Å². The topological polar surface area (TPSA) is 136 Å². The van der Waals surface area contributed by atoms with Gasteiger partial charge >= 0.3 is 0 Å². The minimum Gasteiger partial charge on any atom is -0.383 e. The van der Waals surface area contributed by atoms with Gasteiger partial charge in [0, 0.05) is 37.8 Å². The summed E-state index contributed by atoms with van der Waals surface area (Å²) in [5.41, 5.74) is 1.27. The fourth-order valence-corrected chi connectivity index (χ4v) is 3.81. The van der Waals surface area contributed by atoms with Crippen molar-refractivity contribution >= 4 is 34.7 Å². The second-order valence-corrected chi connectivity index (χ2v) is 8.44. The Labute approximate surface area is 196 Å². The molecule has 2 aromatic rings. The van der Waals surface area contributed by atoms with Crippen molar-refractivity contribution in [3.05, 3.63) is 46.0 Å². The second kappa shape index (κ2) is 10.4. The molecular weight excluding hydrogens is 442 g/mol. The molecule has 0 bridgehead atoms. The molecule has 0 aliphatic carbocycles. The molecule has 0 saturated heterocycles. The minimum atomic E-state index is -1.78. The van der Waals surface area contributed by atoms with Crippen LogP contribution < -0.4 is 26.4 Å². The Kier molecular flexibility index (Phi) is 7.64. The van der Waals surface area contributed by atoms with Crippen LogP contribution in [-0.2, 0) is 9.59 Å². The molecule has 1 aromatic carbocycles. The SMILES string of the molecule is CC(=O)CC([18F])[C@H](NC(=O)c1ccc(NCC2CNc3nc(C)[nH]c(=O)c3N2C)cc1)C(C)=O. The van der Waals surface area contributed by atoms with Crippen molar-refractivity contribution in [2.24, 2.45) is 0 Å². The van der Waals surface area contributed by atoms with Gasteiger partial charge in [0.1, 0.15) is 29.5 Å². The van der Waals surface area contributed by atoms with Gasteiger partial charge in [-0.25, -0.2) is 9.37 Å². The summed E-state index contributed by atoms with van der Waals surface area (Å²) in [6, 6.07) is 5.10. The third-order valence-electron chi connectivity index (χ3n) is 5.68. The summed E-state index contributed by atoms with van der Waals surface area (Å²) < 4.78 is 14.3. The summed E-state index contributed by atoms with van der Waals surface area (Å²) in [5.74, 6) is -0.468. The van der Waals surface area contributed by atoms with Crippen LogP contribution in [0.2, 0.25) is 0 Å². The maximum absolute atomic E-state index is 14.3. The van der Waals surface area contributed by atoms with E-state index in [1.54, 1.807) is 31.2 Å². The largest absolute Gasteiger partial charge is 0.383 e. The summed E-state index contributed by atoms with van der Waals surface area (Å²) in [6.07, 6.45) is -2.22. The zero-order valence-corrected chi connectivity index (χ0v) is 19.6. The standard InChI is InChI=1S/C23H29FN6O4/c1-12(31)9-18(24)19(13(2)32)29-22(33)15-5-7-16(8-6-15)25-10-17-11-26-21-20(30(17)4)23(34)28-14(3)27-21/h5-8,17-19,25H,9-11H2,1-4H3,(H,29,33)(H2,26,27,28,34)/t17?,18?,19-/m1/s1/i24-1. The first kappa shape index (κ1) is 24.9. The van der Waals surface area contributed by atoms with Gasteiger partial charge in [-0.1, -0.05) is 0 Å². The fraction of sp³-hybridized carbons (Fsp3) is 0.435. The molecule has 2 heterocycles. The first-order valence-corrected chi connectivity index (χ1v) is 10.9. The normalized spacial score (nSPS) is 16.6. The number of rotatable bonds is 9. The van der Waals surface area contributed by atoms with E-state index >= 15 is 0 Å². The number of H-pyrrole nitrogens is 1. The van der Waals surface area contributed by atoms with Gasteiger partial charge in [0.25, 0.3) is 11.5 Å².